The van der Waals surface area contributed by atoms with Crippen molar-refractivity contribution in [2.24, 2.45) is 0 Å². The maximum atomic E-state index is 13.2. The number of nitrogens with zero attached hydrogens (tertiary/aromatic N) is 2. The van der Waals surface area contributed by atoms with Gasteiger partial charge in [-0.15, -0.1) is 0 Å². The Balaban J connectivity index is 1.57. The first kappa shape index (κ1) is 22.1. The molecule has 32 heavy (non-hydrogen) atoms. The van der Waals surface area contributed by atoms with Crippen molar-refractivity contribution in [3.8, 4) is 0 Å². The maximum Gasteiger partial charge on any atom is 0.243 e. The van der Waals surface area contributed by atoms with Crippen molar-refractivity contribution in [2.75, 3.05) is 0 Å². The molecule has 0 saturated carbocycles. The van der Waals surface area contributed by atoms with Gasteiger partial charge in [0.15, 0.2) is 0 Å². The van der Waals surface area contributed by atoms with Crippen LogP contribution in [0.25, 0.3) is 11.0 Å². The van der Waals surface area contributed by atoms with Crippen molar-refractivity contribution in [3.05, 3.63) is 89.5 Å². The van der Waals surface area contributed by atoms with Gasteiger partial charge in [0, 0.05) is 6.54 Å². The van der Waals surface area contributed by atoms with E-state index in [2.05, 4.69) is 18.8 Å². The van der Waals surface area contributed by atoms with Crippen molar-refractivity contribution in [3.63, 3.8) is 0 Å². The largest absolute Gasteiger partial charge is 0.351 e. The Kier molecular flexibility index (Phi) is 6.59. The number of fused-ring (bicyclic) bond motifs is 1. The molecule has 1 atom stereocenters. The van der Waals surface area contributed by atoms with Gasteiger partial charge in [0.2, 0.25) is 15.9 Å². The molecule has 4 rings (SSSR count). The normalized spacial score (nSPS) is 12.5. The summed E-state index contributed by atoms with van der Waals surface area (Å²) in [5.74, 6) is -0.401. The molecule has 7 nitrogen and oxygen atoms in total. The molecule has 4 aromatic rings. The molecule has 0 fully saturated rings. The van der Waals surface area contributed by atoms with Gasteiger partial charge in [0.25, 0.3) is 0 Å². The van der Waals surface area contributed by atoms with Crippen molar-refractivity contribution < 1.29 is 13.2 Å². The van der Waals surface area contributed by atoms with E-state index in [1.807, 2.05) is 61.5 Å². The van der Waals surface area contributed by atoms with Crippen LogP contribution in [0.4, 0.5) is 0 Å². The second kappa shape index (κ2) is 9.56. The van der Waals surface area contributed by atoms with Gasteiger partial charge in [-0.1, -0.05) is 66.2 Å². The van der Waals surface area contributed by atoms with Crippen LogP contribution >= 0.6 is 11.7 Å². The summed E-state index contributed by atoms with van der Waals surface area (Å²) in [5, 5.41) is 2.85. The van der Waals surface area contributed by atoms with E-state index in [0.717, 1.165) is 28.4 Å². The fraction of sp³-hybridized carbons (Fsp3) is 0.174. The third-order valence-electron chi connectivity index (χ3n) is 5.02. The second-order valence-corrected chi connectivity index (χ2v) is 9.67. The molecule has 0 aliphatic rings. The van der Waals surface area contributed by atoms with Crippen LogP contribution in [0.5, 0.6) is 0 Å². The third-order valence-corrected chi connectivity index (χ3v) is 7.07. The van der Waals surface area contributed by atoms with Crippen LogP contribution in [-0.4, -0.2) is 29.1 Å². The summed E-state index contributed by atoms with van der Waals surface area (Å²) in [6.07, 6.45) is 0.213. The number of hydrogen-bond acceptors (Lipinski definition) is 6. The lowest BCUT2D eigenvalue weighted by molar-refractivity contribution is -0.122. The quantitative estimate of drug-likeness (QED) is 0.415. The Morgan fingerprint density at radius 2 is 1.69 bits per heavy atom. The van der Waals surface area contributed by atoms with E-state index in [1.165, 1.54) is 6.07 Å². The Labute approximate surface area is 190 Å². The number of sulfonamides is 1. The Morgan fingerprint density at radius 3 is 2.44 bits per heavy atom. The molecule has 0 spiro atoms. The Morgan fingerprint density at radius 1 is 0.938 bits per heavy atom. The van der Waals surface area contributed by atoms with E-state index in [1.54, 1.807) is 12.1 Å². The predicted molar refractivity (Wildman–Crippen MR) is 125 cm³/mol. The highest BCUT2D eigenvalue weighted by Crippen LogP contribution is 2.21. The highest BCUT2D eigenvalue weighted by molar-refractivity contribution is 7.89. The molecule has 1 heterocycles. The van der Waals surface area contributed by atoms with Gasteiger partial charge in [0.1, 0.15) is 22.0 Å². The molecule has 0 aliphatic heterocycles. The van der Waals surface area contributed by atoms with Gasteiger partial charge >= 0.3 is 0 Å². The summed E-state index contributed by atoms with van der Waals surface area (Å²) >= 11 is 0.946. The molecule has 0 bridgehead atoms. The minimum atomic E-state index is -4.02. The molecule has 3 aromatic carbocycles. The summed E-state index contributed by atoms with van der Waals surface area (Å²) in [6, 6.07) is 20.9. The smallest absolute Gasteiger partial charge is 0.243 e. The number of benzene rings is 3. The lowest BCUT2D eigenvalue weighted by atomic mass is 10.1. The molecule has 164 valence electrons. The number of aryl methyl sites for hydroxylation is 1. The number of aromatic nitrogens is 2. The van der Waals surface area contributed by atoms with Gasteiger partial charge in [0.05, 0.1) is 11.7 Å². The van der Waals surface area contributed by atoms with Crippen molar-refractivity contribution in [2.45, 2.75) is 30.8 Å². The number of rotatable bonds is 8. The number of amides is 1. The molecule has 0 aliphatic carbocycles. The van der Waals surface area contributed by atoms with Crippen LogP contribution in [0.3, 0.4) is 0 Å². The highest BCUT2D eigenvalue weighted by atomic mass is 32.2. The van der Waals surface area contributed by atoms with Gasteiger partial charge in [-0.25, -0.2) is 8.42 Å². The van der Waals surface area contributed by atoms with Gasteiger partial charge < -0.3 is 5.32 Å². The van der Waals surface area contributed by atoms with E-state index >= 15 is 0 Å². The number of hydrogen-bond donors (Lipinski definition) is 2. The topological polar surface area (TPSA) is 101 Å². The molecule has 2 N–H and O–H groups in total. The first-order valence-corrected chi connectivity index (χ1v) is 12.2. The molecular formula is C23H22N4O3S2. The monoisotopic (exact) mass is 466 g/mol. The first-order chi connectivity index (χ1) is 15.4. The van der Waals surface area contributed by atoms with E-state index in [0.29, 0.717) is 17.6 Å². The van der Waals surface area contributed by atoms with E-state index < -0.39 is 22.0 Å². The van der Waals surface area contributed by atoms with E-state index in [9.17, 15) is 13.2 Å². The van der Waals surface area contributed by atoms with Gasteiger partial charge in [-0.3, -0.25) is 4.79 Å². The standard InChI is InChI=1S/C23H22N4O3S2/c1-16-10-12-18(13-11-16)15-24-23(28)20(14-17-6-3-2-4-7-17)27-32(29,30)21-9-5-8-19-22(21)26-31-25-19/h2-13,20,27H,14-15H2,1H3,(H,24,28)/t20-/m0/s1. The van der Waals surface area contributed by atoms with Gasteiger partial charge in [-0.05, 0) is 36.6 Å². The third kappa shape index (κ3) is 5.18. The van der Waals surface area contributed by atoms with Crippen LogP contribution in [0, 0.1) is 6.92 Å². The average Bonchev–Trinajstić information content (AvgIpc) is 3.27. The molecular weight excluding hydrogens is 444 g/mol. The molecule has 0 radical (unpaired) electrons. The first-order valence-electron chi connectivity index (χ1n) is 10.0. The molecule has 1 amide bonds. The zero-order chi connectivity index (χ0) is 22.6. The molecule has 0 saturated heterocycles. The summed E-state index contributed by atoms with van der Waals surface area (Å²) in [7, 11) is -4.02. The Hall–Kier alpha value is -3.14. The fourth-order valence-corrected chi connectivity index (χ4v) is 5.27. The van der Waals surface area contributed by atoms with Crippen LogP contribution in [0.15, 0.2) is 77.7 Å². The predicted octanol–water partition coefficient (Wildman–Crippen LogP) is 3.21. The highest BCUT2D eigenvalue weighted by Gasteiger charge is 2.28. The van der Waals surface area contributed by atoms with E-state index in [4.69, 9.17) is 0 Å². The van der Waals surface area contributed by atoms with E-state index in [-0.39, 0.29) is 11.3 Å². The summed E-state index contributed by atoms with van der Waals surface area (Å²) in [6.45, 7) is 2.29. The fourth-order valence-electron chi connectivity index (χ4n) is 3.30. The average molecular weight is 467 g/mol. The summed E-state index contributed by atoms with van der Waals surface area (Å²) in [4.78, 5) is 13.1. The minimum absolute atomic E-state index is 0.00754. The molecule has 1 aromatic heterocycles. The van der Waals surface area contributed by atoms with Crippen LogP contribution in [-0.2, 0) is 27.8 Å². The molecule has 9 heteroatoms. The number of carbonyl (C=O) groups is 1. The zero-order valence-corrected chi connectivity index (χ0v) is 19.0. The van der Waals surface area contributed by atoms with Crippen molar-refractivity contribution >= 4 is 38.7 Å². The summed E-state index contributed by atoms with van der Waals surface area (Å²) in [5.41, 5.74) is 3.70. The lowest BCUT2D eigenvalue weighted by Gasteiger charge is -2.19. The second-order valence-electron chi connectivity index (χ2n) is 7.46. The van der Waals surface area contributed by atoms with Crippen LogP contribution in [0.2, 0.25) is 0 Å². The molecule has 0 unspecified atom stereocenters. The summed E-state index contributed by atoms with van der Waals surface area (Å²) < 4.78 is 37.2. The zero-order valence-electron chi connectivity index (χ0n) is 17.4. The van der Waals surface area contributed by atoms with Gasteiger partial charge in [-0.2, -0.15) is 13.5 Å². The van der Waals surface area contributed by atoms with Crippen molar-refractivity contribution in [1.82, 2.24) is 18.8 Å². The number of carbonyl (C=O) groups excluding carboxylic acids is 1. The lowest BCUT2D eigenvalue weighted by Crippen LogP contribution is -2.47. The Bertz CT molecular complexity index is 1320. The maximum absolute atomic E-state index is 13.2. The number of nitrogens with one attached hydrogen (secondary N) is 2. The van der Waals surface area contributed by atoms with Crippen LogP contribution in [0.1, 0.15) is 16.7 Å². The SMILES string of the molecule is Cc1ccc(CNC(=O)[C@H](Cc2ccccc2)NS(=O)(=O)c2cccc3nsnc23)cc1. The van der Waals surface area contributed by atoms with Crippen LogP contribution < -0.4 is 10.0 Å². The minimum Gasteiger partial charge on any atom is -0.351 e. The van der Waals surface area contributed by atoms with Crippen molar-refractivity contribution in [1.29, 1.82) is 0 Å².